The van der Waals surface area contributed by atoms with Crippen molar-refractivity contribution in [3.63, 3.8) is 0 Å². The molecule has 2 atom stereocenters. The smallest absolute Gasteiger partial charge is 0.222 e. The molecule has 1 amide bonds. The number of rotatable bonds is 10. The lowest BCUT2D eigenvalue weighted by Crippen LogP contribution is -2.38. The van der Waals surface area contributed by atoms with Crippen LogP contribution in [0.1, 0.15) is 38.2 Å². The van der Waals surface area contributed by atoms with Crippen molar-refractivity contribution in [1.82, 2.24) is 5.32 Å². The summed E-state index contributed by atoms with van der Waals surface area (Å²) in [4.78, 5) is 12.0. The van der Waals surface area contributed by atoms with E-state index in [2.05, 4.69) is 24.4 Å². The van der Waals surface area contributed by atoms with E-state index in [9.17, 15) is 4.79 Å². The number of amides is 1. The van der Waals surface area contributed by atoms with E-state index in [-0.39, 0.29) is 18.1 Å². The fourth-order valence-corrected chi connectivity index (χ4v) is 2.38. The summed E-state index contributed by atoms with van der Waals surface area (Å²) in [6.45, 7) is 2.51. The molecule has 0 radical (unpaired) electrons. The van der Waals surface area contributed by atoms with Gasteiger partial charge in [-0.1, -0.05) is 43.7 Å². The second kappa shape index (κ2) is 10.4. The summed E-state index contributed by atoms with van der Waals surface area (Å²) >= 11 is 0. The number of ether oxygens (including phenoxy) is 1. The van der Waals surface area contributed by atoms with E-state index in [0.29, 0.717) is 13.0 Å². The second-order valence-corrected chi connectivity index (χ2v) is 5.37. The predicted octanol–water partition coefficient (Wildman–Crippen LogP) is 2.27. The maximum absolute atomic E-state index is 12.0. The molecule has 1 rings (SSSR count). The third kappa shape index (κ3) is 7.25. The molecule has 0 aliphatic rings. The average Bonchev–Trinajstić information content (AvgIpc) is 2.51. The number of benzene rings is 1. The van der Waals surface area contributed by atoms with Gasteiger partial charge in [-0.05, 0) is 24.8 Å². The molecule has 1 aromatic carbocycles. The van der Waals surface area contributed by atoms with Crippen molar-refractivity contribution in [2.75, 3.05) is 13.7 Å². The Bertz CT molecular complexity index is 391. The highest BCUT2D eigenvalue weighted by Crippen LogP contribution is 2.09. The molecule has 0 saturated carbocycles. The van der Waals surface area contributed by atoms with Crippen LogP contribution in [0.15, 0.2) is 30.3 Å². The van der Waals surface area contributed by atoms with Gasteiger partial charge in [-0.15, -0.1) is 0 Å². The van der Waals surface area contributed by atoms with Gasteiger partial charge in [-0.3, -0.25) is 4.79 Å². The maximum Gasteiger partial charge on any atom is 0.222 e. The summed E-state index contributed by atoms with van der Waals surface area (Å²) in [5.74, 6) is 0.0267. The van der Waals surface area contributed by atoms with Gasteiger partial charge in [0.25, 0.3) is 0 Å². The van der Waals surface area contributed by atoms with E-state index in [1.54, 1.807) is 7.11 Å². The van der Waals surface area contributed by atoms with Gasteiger partial charge in [0, 0.05) is 19.7 Å². The first kappa shape index (κ1) is 17.7. The minimum absolute atomic E-state index is 0.0267. The third-order valence-corrected chi connectivity index (χ3v) is 3.64. The van der Waals surface area contributed by atoms with E-state index in [1.807, 2.05) is 18.2 Å². The number of carbonyl (C=O) groups excluding carboxylic acids is 1. The van der Waals surface area contributed by atoms with Crippen LogP contribution in [-0.2, 0) is 16.0 Å². The molecule has 0 fully saturated rings. The summed E-state index contributed by atoms with van der Waals surface area (Å²) < 4.78 is 5.16. The number of methoxy groups -OCH3 is 1. The highest BCUT2D eigenvalue weighted by atomic mass is 16.5. The fourth-order valence-electron chi connectivity index (χ4n) is 2.38. The molecule has 2 unspecified atom stereocenters. The molecular formula is C17H28N2O2. The minimum Gasteiger partial charge on any atom is -0.380 e. The molecule has 0 aliphatic carbocycles. The van der Waals surface area contributed by atoms with E-state index < -0.39 is 0 Å². The first-order chi connectivity index (χ1) is 10.2. The molecule has 0 aromatic heterocycles. The summed E-state index contributed by atoms with van der Waals surface area (Å²) in [7, 11) is 1.59. The van der Waals surface area contributed by atoms with Gasteiger partial charge in [-0.25, -0.2) is 0 Å². The molecule has 3 N–H and O–H groups in total. The first-order valence-corrected chi connectivity index (χ1v) is 7.75. The van der Waals surface area contributed by atoms with Crippen LogP contribution in [0.2, 0.25) is 0 Å². The molecular weight excluding hydrogens is 264 g/mol. The zero-order valence-corrected chi connectivity index (χ0v) is 13.2. The fraction of sp³-hybridized carbons (Fsp3) is 0.588. The first-order valence-electron chi connectivity index (χ1n) is 7.75. The van der Waals surface area contributed by atoms with Crippen LogP contribution in [0.25, 0.3) is 0 Å². The van der Waals surface area contributed by atoms with Crippen molar-refractivity contribution in [2.45, 2.75) is 51.2 Å². The Labute approximate surface area is 128 Å². The normalized spacial score (nSPS) is 13.7. The van der Waals surface area contributed by atoms with Crippen LogP contribution in [-0.4, -0.2) is 31.7 Å². The van der Waals surface area contributed by atoms with Crippen molar-refractivity contribution >= 4 is 5.91 Å². The second-order valence-electron chi connectivity index (χ2n) is 5.37. The number of carbonyl (C=O) groups is 1. The highest BCUT2D eigenvalue weighted by Gasteiger charge is 2.15. The molecule has 4 heteroatoms. The van der Waals surface area contributed by atoms with Gasteiger partial charge in [0.1, 0.15) is 0 Å². The standard InChI is InChI=1S/C17H28N2O2/c1-3-7-15(11-10-14-8-5-4-6-9-14)19-17(20)12-16(13-18)21-2/h4-6,8-9,15-16H,3,7,10-13,18H2,1-2H3,(H,19,20). The monoisotopic (exact) mass is 292 g/mol. The van der Waals surface area contributed by atoms with E-state index in [4.69, 9.17) is 10.5 Å². The van der Waals surface area contributed by atoms with Crippen LogP contribution in [0.5, 0.6) is 0 Å². The van der Waals surface area contributed by atoms with Crippen LogP contribution < -0.4 is 11.1 Å². The number of nitrogens with two attached hydrogens (primary N) is 1. The molecule has 4 nitrogen and oxygen atoms in total. The van der Waals surface area contributed by atoms with Crippen molar-refractivity contribution < 1.29 is 9.53 Å². The van der Waals surface area contributed by atoms with Gasteiger partial charge < -0.3 is 15.8 Å². The van der Waals surface area contributed by atoms with Crippen LogP contribution in [0, 0.1) is 0 Å². The Hall–Kier alpha value is -1.39. The maximum atomic E-state index is 12.0. The van der Waals surface area contributed by atoms with Gasteiger partial charge in [0.15, 0.2) is 0 Å². The predicted molar refractivity (Wildman–Crippen MR) is 86.1 cm³/mol. The number of aryl methyl sites for hydroxylation is 1. The van der Waals surface area contributed by atoms with Crippen molar-refractivity contribution in [3.8, 4) is 0 Å². The van der Waals surface area contributed by atoms with E-state index >= 15 is 0 Å². The Morgan fingerprint density at radius 1 is 1.29 bits per heavy atom. The molecule has 0 spiro atoms. The van der Waals surface area contributed by atoms with E-state index in [0.717, 1.165) is 25.7 Å². The quantitative estimate of drug-likeness (QED) is 0.695. The lowest BCUT2D eigenvalue weighted by molar-refractivity contribution is -0.124. The van der Waals surface area contributed by atoms with E-state index in [1.165, 1.54) is 5.56 Å². The van der Waals surface area contributed by atoms with Gasteiger partial charge in [0.2, 0.25) is 5.91 Å². The molecule has 1 aromatic rings. The zero-order chi connectivity index (χ0) is 15.5. The van der Waals surface area contributed by atoms with Crippen molar-refractivity contribution in [1.29, 1.82) is 0 Å². The SMILES string of the molecule is CCCC(CCc1ccccc1)NC(=O)CC(CN)OC. The van der Waals surface area contributed by atoms with Crippen LogP contribution in [0.4, 0.5) is 0 Å². The number of nitrogens with one attached hydrogen (secondary N) is 1. The van der Waals surface area contributed by atoms with Crippen LogP contribution >= 0.6 is 0 Å². The molecule has 0 saturated heterocycles. The highest BCUT2D eigenvalue weighted by molar-refractivity contribution is 5.76. The molecule has 21 heavy (non-hydrogen) atoms. The third-order valence-electron chi connectivity index (χ3n) is 3.64. The molecule has 0 heterocycles. The Kier molecular flexibility index (Phi) is 8.71. The van der Waals surface area contributed by atoms with Gasteiger partial charge in [0.05, 0.1) is 12.5 Å². The Balaban J connectivity index is 2.43. The molecule has 0 bridgehead atoms. The largest absolute Gasteiger partial charge is 0.380 e. The lowest BCUT2D eigenvalue weighted by atomic mass is 10.0. The number of hydrogen-bond acceptors (Lipinski definition) is 3. The average molecular weight is 292 g/mol. The Morgan fingerprint density at radius 2 is 2.00 bits per heavy atom. The number of hydrogen-bond donors (Lipinski definition) is 2. The molecule has 0 aliphatic heterocycles. The van der Waals surface area contributed by atoms with Gasteiger partial charge >= 0.3 is 0 Å². The zero-order valence-electron chi connectivity index (χ0n) is 13.2. The van der Waals surface area contributed by atoms with Gasteiger partial charge in [-0.2, -0.15) is 0 Å². The topological polar surface area (TPSA) is 64.4 Å². The summed E-state index contributed by atoms with van der Waals surface area (Å²) in [5, 5.41) is 3.11. The Morgan fingerprint density at radius 3 is 2.57 bits per heavy atom. The molecule has 118 valence electrons. The summed E-state index contributed by atoms with van der Waals surface area (Å²) in [5.41, 5.74) is 6.86. The lowest BCUT2D eigenvalue weighted by Gasteiger charge is -2.20. The summed E-state index contributed by atoms with van der Waals surface area (Å²) in [6.07, 6.45) is 4.14. The van der Waals surface area contributed by atoms with Crippen molar-refractivity contribution in [2.24, 2.45) is 5.73 Å². The minimum atomic E-state index is -0.193. The van der Waals surface area contributed by atoms with Crippen molar-refractivity contribution in [3.05, 3.63) is 35.9 Å². The van der Waals surface area contributed by atoms with Crippen LogP contribution in [0.3, 0.4) is 0 Å². The summed E-state index contributed by atoms with van der Waals surface area (Å²) in [6, 6.07) is 10.6.